The fourth-order valence-corrected chi connectivity index (χ4v) is 4.21. The highest BCUT2D eigenvalue weighted by Crippen LogP contribution is 2.41. The van der Waals surface area contributed by atoms with Crippen molar-refractivity contribution in [2.75, 3.05) is 13.2 Å². The van der Waals surface area contributed by atoms with Crippen molar-refractivity contribution in [3.05, 3.63) is 47.1 Å². The summed E-state index contributed by atoms with van der Waals surface area (Å²) < 4.78 is 11.6. The Morgan fingerprint density at radius 3 is 2.74 bits per heavy atom. The van der Waals surface area contributed by atoms with Crippen molar-refractivity contribution in [2.45, 2.75) is 83.8 Å². The van der Waals surface area contributed by atoms with E-state index in [4.69, 9.17) is 14.3 Å². The smallest absolute Gasteiger partial charge is 0.342 e. The van der Waals surface area contributed by atoms with Crippen LogP contribution in [0.1, 0.15) is 92.8 Å². The highest BCUT2D eigenvalue weighted by atomic mass is 16.6. The summed E-state index contributed by atoms with van der Waals surface area (Å²) in [5.74, 6) is -1.04. The number of phenols is 2. The van der Waals surface area contributed by atoms with Crippen molar-refractivity contribution >= 4 is 11.7 Å². The van der Waals surface area contributed by atoms with Gasteiger partial charge in [-0.15, -0.1) is 0 Å². The molecule has 7 nitrogen and oxygen atoms in total. The Hall–Kier alpha value is -2.80. The molecule has 3 rings (SSSR count). The number of unbranched alkanes of at least 4 members (excludes halogenated alkanes) is 1. The van der Waals surface area contributed by atoms with Gasteiger partial charge in [0.1, 0.15) is 29.8 Å². The number of carbonyl (C=O) groups excluding carboxylic acids is 1. The van der Waals surface area contributed by atoms with Crippen molar-refractivity contribution in [3.8, 4) is 11.5 Å². The van der Waals surface area contributed by atoms with Crippen molar-refractivity contribution in [1.29, 1.82) is 0 Å². The van der Waals surface area contributed by atoms with E-state index in [0.29, 0.717) is 36.5 Å². The number of allylic oxidation sites excluding steroid dienone is 3. The van der Waals surface area contributed by atoms with E-state index in [1.54, 1.807) is 0 Å². The third-order valence-electron chi connectivity index (χ3n) is 6.02. The third kappa shape index (κ3) is 7.10. The van der Waals surface area contributed by atoms with Crippen LogP contribution in [0, 0.1) is 0 Å². The first-order chi connectivity index (χ1) is 16.5. The average molecular weight is 472 g/mol. The first-order valence-electron chi connectivity index (χ1n) is 12.4. The maximum atomic E-state index is 13.2. The Bertz CT molecular complexity index is 914. The van der Waals surface area contributed by atoms with Gasteiger partial charge in [0, 0.05) is 31.1 Å². The number of fused-ring (bicyclic) bond motifs is 1. The van der Waals surface area contributed by atoms with Crippen molar-refractivity contribution in [3.63, 3.8) is 0 Å². The SMILES string of the molecule is CCCCO/N=C1\C=C\CC/C=C/C[C@@H](C)OC(=O)c2c(O)cc(O)c(C3CCCCO3)c2C1. The van der Waals surface area contributed by atoms with Gasteiger partial charge in [0.05, 0.1) is 11.8 Å². The van der Waals surface area contributed by atoms with Crippen LogP contribution in [0.2, 0.25) is 0 Å². The number of rotatable bonds is 5. The van der Waals surface area contributed by atoms with Gasteiger partial charge in [-0.3, -0.25) is 0 Å². The zero-order chi connectivity index (χ0) is 24.3. The lowest BCUT2D eigenvalue weighted by Gasteiger charge is -2.27. The summed E-state index contributed by atoms with van der Waals surface area (Å²) in [5, 5.41) is 25.9. The van der Waals surface area contributed by atoms with Crippen LogP contribution in [0.3, 0.4) is 0 Å². The van der Waals surface area contributed by atoms with Crippen LogP contribution >= 0.6 is 0 Å². The summed E-state index contributed by atoms with van der Waals surface area (Å²) in [6.45, 7) is 4.97. The molecule has 0 radical (unpaired) electrons. The molecule has 1 aromatic carbocycles. The second-order valence-corrected chi connectivity index (χ2v) is 8.89. The molecule has 2 N–H and O–H groups in total. The number of carbonyl (C=O) groups is 1. The maximum absolute atomic E-state index is 13.2. The number of nitrogens with zero attached hydrogens (tertiary/aromatic N) is 1. The van der Waals surface area contributed by atoms with E-state index in [0.717, 1.165) is 44.9 Å². The number of aromatic hydroxyl groups is 2. The molecule has 1 unspecified atom stereocenters. The average Bonchev–Trinajstić information content (AvgIpc) is 2.80. The summed E-state index contributed by atoms with van der Waals surface area (Å²) in [6.07, 6.45) is 14.2. The Morgan fingerprint density at radius 1 is 1.15 bits per heavy atom. The molecule has 1 saturated heterocycles. The van der Waals surface area contributed by atoms with E-state index in [9.17, 15) is 15.0 Å². The topological polar surface area (TPSA) is 97.6 Å². The van der Waals surface area contributed by atoms with E-state index in [1.165, 1.54) is 6.07 Å². The second kappa shape index (κ2) is 13.2. The molecule has 2 aliphatic rings. The van der Waals surface area contributed by atoms with Crippen molar-refractivity contribution < 1.29 is 29.3 Å². The molecular weight excluding hydrogens is 434 g/mol. The molecule has 0 amide bonds. The van der Waals surface area contributed by atoms with Gasteiger partial charge < -0.3 is 24.5 Å². The standard InChI is InChI=1S/C27H37NO6/c1-3-4-16-33-28-20-13-9-7-5-6-8-12-19(2)34-27(31)26-21(17-20)25(22(29)18-23(26)30)24-14-10-11-15-32-24/h6,8-9,13,18-19,24,29-30H,3-5,7,10-12,14-17H2,1-2H3/b8-6+,13-9+,28-20+/t19-,24?/m1/s1. The lowest BCUT2D eigenvalue weighted by molar-refractivity contribution is 0.0129. The van der Waals surface area contributed by atoms with Crippen LogP contribution in [0.5, 0.6) is 11.5 Å². The second-order valence-electron chi connectivity index (χ2n) is 8.89. The Kier molecular flexibility index (Phi) is 10.0. The van der Waals surface area contributed by atoms with Crippen LogP contribution in [-0.2, 0) is 20.7 Å². The third-order valence-corrected chi connectivity index (χ3v) is 6.02. The van der Waals surface area contributed by atoms with Gasteiger partial charge in [-0.2, -0.15) is 0 Å². The summed E-state index contributed by atoms with van der Waals surface area (Å²) in [4.78, 5) is 18.8. The summed E-state index contributed by atoms with van der Waals surface area (Å²) in [5.41, 5.74) is 1.63. The highest BCUT2D eigenvalue weighted by molar-refractivity contribution is 6.01. The van der Waals surface area contributed by atoms with E-state index in [1.807, 2.05) is 25.2 Å². The molecule has 34 heavy (non-hydrogen) atoms. The molecule has 2 aliphatic heterocycles. The predicted molar refractivity (Wildman–Crippen MR) is 131 cm³/mol. The largest absolute Gasteiger partial charge is 0.507 e. The van der Waals surface area contributed by atoms with Crippen molar-refractivity contribution in [1.82, 2.24) is 0 Å². The van der Waals surface area contributed by atoms with Crippen LogP contribution in [0.4, 0.5) is 0 Å². The highest BCUT2D eigenvalue weighted by Gasteiger charge is 2.31. The number of phenolic OH excluding ortho intramolecular Hbond substituents is 2. The number of hydrogen-bond acceptors (Lipinski definition) is 7. The van der Waals surface area contributed by atoms with E-state index in [2.05, 4.69) is 18.2 Å². The van der Waals surface area contributed by atoms with Crippen LogP contribution < -0.4 is 0 Å². The normalized spacial score (nSPS) is 25.1. The fraction of sp³-hybridized carbons (Fsp3) is 0.556. The summed E-state index contributed by atoms with van der Waals surface area (Å²) in [6, 6.07) is 1.21. The maximum Gasteiger partial charge on any atom is 0.342 e. The zero-order valence-electron chi connectivity index (χ0n) is 20.3. The van der Waals surface area contributed by atoms with E-state index >= 15 is 0 Å². The molecule has 1 fully saturated rings. The molecule has 2 heterocycles. The Labute approximate surface area is 202 Å². The summed E-state index contributed by atoms with van der Waals surface area (Å²) in [7, 11) is 0. The number of oxime groups is 1. The van der Waals surface area contributed by atoms with E-state index in [-0.39, 0.29) is 35.7 Å². The zero-order valence-corrected chi connectivity index (χ0v) is 20.3. The summed E-state index contributed by atoms with van der Waals surface area (Å²) >= 11 is 0. The Morgan fingerprint density at radius 2 is 1.97 bits per heavy atom. The number of esters is 1. The minimum absolute atomic E-state index is 0.0459. The van der Waals surface area contributed by atoms with Gasteiger partial charge in [-0.1, -0.05) is 36.7 Å². The van der Waals surface area contributed by atoms with Crippen molar-refractivity contribution in [2.24, 2.45) is 5.16 Å². The first kappa shape index (κ1) is 25.8. The number of cyclic esters (lactones) is 1. The molecule has 186 valence electrons. The number of ether oxygens (including phenoxy) is 2. The van der Waals surface area contributed by atoms with Gasteiger partial charge in [0.25, 0.3) is 0 Å². The van der Waals surface area contributed by atoms with Crippen LogP contribution in [0.15, 0.2) is 35.5 Å². The van der Waals surface area contributed by atoms with Gasteiger partial charge in [0.15, 0.2) is 0 Å². The molecule has 1 aromatic rings. The molecule has 7 heteroatoms. The molecule has 2 atom stereocenters. The molecule has 0 aromatic heterocycles. The predicted octanol–water partition coefficient (Wildman–Crippen LogP) is 5.90. The Balaban J connectivity index is 2.10. The number of hydrogen-bond donors (Lipinski definition) is 2. The first-order valence-corrected chi connectivity index (χ1v) is 12.4. The lowest BCUT2D eigenvalue weighted by atomic mass is 9.88. The molecule has 0 spiro atoms. The van der Waals surface area contributed by atoms with Gasteiger partial charge in [-0.25, -0.2) is 4.79 Å². The molecule has 0 bridgehead atoms. The lowest BCUT2D eigenvalue weighted by Crippen LogP contribution is -2.21. The fourth-order valence-electron chi connectivity index (χ4n) is 4.21. The molecule has 0 saturated carbocycles. The van der Waals surface area contributed by atoms with Gasteiger partial charge in [-0.05, 0) is 57.1 Å². The quantitative estimate of drug-likeness (QED) is 0.240. The van der Waals surface area contributed by atoms with Gasteiger partial charge >= 0.3 is 5.97 Å². The van der Waals surface area contributed by atoms with E-state index < -0.39 is 5.97 Å². The number of benzene rings is 1. The minimum atomic E-state index is -0.627. The molecule has 0 aliphatic carbocycles. The molecular formula is C27H37NO6. The van der Waals surface area contributed by atoms with Crippen LogP contribution in [0.25, 0.3) is 0 Å². The van der Waals surface area contributed by atoms with Crippen LogP contribution in [-0.4, -0.2) is 41.2 Å². The monoisotopic (exact) mass is 471 g/mol. The van der Waals surface area contributed by atoms with Gasteiger partial charge in [0.2, 0.25) is 0 Å². The minimum Gasteiger partial charge on any atom is -0.507 e.